The van der Waals surface area contributed by atoms with Crippen LogP contribution in [0.3, 0.4) is 0 Å². The summed E-state index contributed by atoms with van der Waals surface area (Å²) in [5, 5.41) is 2.89. The summed E-state index contributed by atoms with van der Waals surface area (Å²) in [6.45, 7) is 3.95. The van der Waals surface area contributed by atoms with E-state index in [4.69, 9.17) is 5.73 Å². The van der Waals surface area contributed by atoms with Crippen LogP contribution >= 0.6 is 0 Å². The molecule has 0 saturated heterocycles. The van der Waals surface area contributed by atoms with Gasteiger partial charge in [0.1, 0.15) is 0 Å². The van der Waals surface area contributed by atoms with Gasteiger partial charge in [0, 0.05) is 12.4 Å². The molecule has 0 aromatic carbocycles. The van der Waals surface area contributed by atoms with Crippen LogP contribution in [0.1, 0.15) is 38.3 Å². The molecule has 0 aliphatic heterocycles. The number of carbonyl (C=O) groups is 1. The fourth-order valence-corrected chi connectivity index (χ4v) is 1.50. The van der Waals surface area contributed by atoms with Crippen LogP contribution in [0, 0.1) is 0 Å². The van der Waals surface area contributed by atoms with E-state index < -0.39 is 6.04 Å². The lowest BCUT2D eigenvalue weighted by Gasteiger charge is -2.17. The normalized spacial score (nSPS) is 14.2. The quantitative estimate of drug-likeness (QED) is 0.789. The molecule has 1 rings (SSSR count). The second-order valence-electron chi connectivity index (χ2n) is 3.91. The van der Waals surface area contributed by atoms with Gasteiger partial charge in [-0.2, -0.15) is 0 Å². The Balaban J connectivity index is 2.51. The molecule has 1 heterocycles. The van der Waals surface area contributed by atoms with Gasteiger partial charge in [-0.05, 0) is 31.0 Å². The first kappa shape index (κ1) is 12.6. The van der Waals surface area contributed by atoms with Gasteiger partial charge in [0.15, 0.2) is 0 Å². The summed E-state index contributed by atoms with van der Waals surface area (Å²) in [4.78, 5) is 15.6. The Hall–Kier alpha value is -1.42. The number of carbonyl (C=O) groups excluding carboxylic acids is 1. The Morgan fingerprint density at radius 1 is 1.50 bits per heavy atom. The second-order valence-corrected chi connectivity index (χ2v) is 3.91. The van der Waals surface area contributed by atoms with E-state index in [9.17, 15) is 4.79 Å². The van der Waals surface area contributed by atoms with Crippen molar-refractivity contribution in [2.45, 2.75) is 38.8 Å². The number of nitrogens with zero attached hydrogens (tertiary/aromatic N) is 1. The maximum Gasteiger partial charge on any atom is 0.237 e. The largest absolute Gasteiger partial charge is 0.348 e. The maximum atomic E-state index is 11.7. The van der Waals surface area contributed by atoms with Gasteiger partial charge in [-0.25, -0.2) is 0 Å². The number of hydrogen-bond acceptors (Lipinski definition) is 3. The highest BCUT2D eigenvalue weighted by atomic mass is 16.2. The van der Waals surface area contributed by atoms with E-state index in [2.05, 4.69) is 10.3 Å². The van der Waals surface area contributed by atoms with Crippen LogP contribution in [0.25, 0.3) is 0 Å². The fraction of sp³-hybridized carbons (Fsp3) is 0.500. The highest BCUT2D eigenvalue weighted by Crippen LogP contribution is 2.10. The zero-order valence-electron chi connectivity index (χ0n) is 9.81. The minimum atomic E-state index is -0.408. The van der Waals surface area contributed by atoms with Crippen LogP contribution in [-0.2, 0) is 4.79 Å². The third kappa shape index (κ3) is 3.62. The SMILES string of the molecule is CCC[C@H](N)C(=O)N[C@H](C)c1ccncc1. The highest BCUT2D eigenvalue weighted by molar-refractivity contribution is 5.81. The molecule has 1 aromatic rings. The molecule has 3 N–H and O–H groups in total. The summed E-state index contributed by atoms with van der Waals surface area (Å²) in [6, 6.07) is 3.33. The molecular formula is C12H19N3O. The standard InChI is InChI=1S/C12H19N3O/c1-3-4-11(13)12(16)15-9(2)10-5-7-14-8-6-10/h5-9,11H,3-4,13H2,1-2H3,(H,15,16)/t9-,11+/m1/s1. The Kier molecular flexibility index (Phi) is 4.92. The molecule has 0 spiro atoms. The van der Waals surface area contributed by atoms with E-state index in [0.717, 1.165) is 18.4 Å². The molecule has 88 valence electrons. The average Bonchev–Trinajstić information content (AvgIpc) is 2.30. The molecule has 1 amide bonds. The van der Waals surface area contributed by atoms with E-state index >= 15 is 0 Å². The zero-order chi connectivity index (χ0) is 12.0. The van der Waals surface area contributed by atoms with Gasteiger partial charge in [-0.1, -0.05) is 13.3 Å². The van der Waals surface area contributed by atoms with Crippen LogP contribution in [-0.4, -0.2) is 16.9 Å². The number of hydrogen-bond donors (Lipinski definition) is 2. The molecular weight excluding hydrogens is 202 g/mol. The molecule has 0 aliphatic rings. The summed E-state index contributed by atoms with van der Waals surface area (Å²) in [7, 11) is 0. The van der Waals surface area contributed by atoms with Gasteiger partial charge in [0.25, 0.3) is 0 Å². The molecule has 0 saturated carbocycles. The monoisotopic (exact) mass is 221 g/mol. The van der Waals surface area contributed by atoms with Crippen LogP contribution in [0.15, 0.2) is 24.5 Å². The summed E-state index contributed by atoms with van der Waals surface area (Å²) >= 11 is 0. The van der Waals surface area contributed by atoms with Gasteiger partial charge in [-0.15, -0.1) is 0 Å². The highest BCUT2D eigenvalue weighted by Gasteiger charge is 2.15. The van der Waals surface area contributed by atoms with Crippen molar-refractivity contribution in [3.8, 4) is 0 Å². The molecule has 2 atom stereocenters. The van der Waals surface area contributed by atoms with Crippen molar-refractivity contribution in [1.29, 1.82) is 0 Å². The van der Waals surface area contributed by atoms with E-state index in [1.54, 1.807) is 12.4 Å². The third-order valence-corrected chi connectivity index (χ3v) is 2.50. The molecule has 0 radical (unpaired) electrons. The summed E-state index contributed by atoms with van der Waals surface area (Å²) in [5.74, 6) is -0.0915. The van der Waals surface area contributed by atoms with Crippen LogP contribution in [0.4, 0.5) is 0 Å². The van der Waals surface area contributed by atoms with Gasteiger partial charge >= 0.3 is 0 Å². The first-order valence-electron chi connectivity index (χ1n) is 5.61. The van der Waals surface area contributed by atoms with Gasteiger partial charge < -0.3 is 11.1 Å². The first-order valence-corrected chi connectivity index (χ1v) is 5.61. The van der Waals surface area contributed by atoms with Crippen molar-refractivity contribution >= 4 is 5.91 Å². The Morgan fingerprint density at radius 2 is 2.12 bits per heavy atom. The lowest BCUT2D eigenvalue weighted by molar-refractivity contribution is -0.123. The number of rotatable bonds is 5. The number of nitrogens with one attached hydrogen (secondary N) is 1. The van der Waals surface area contributed by atoms with Crippen LogP contribution in [0.2, 0.25) is 0 Å². The number of amides is 1. The molecule has 4 nitrogen and oxygen atoms in total. The predicted octanol–water partition coefficient (Wildman–Crippen LogP) is 1.39. The smallest absolute Gasteiger partial charge is 0.237 e. The van der Waals surface area contributed by atoms with E-state index in [1.165, 1.54) is 0 Å². The van der Waals surface area contributed by atoms with Crippen molar-refractivity contribution < 1.29 is 4.79 Å². The second kappa shape index (κ2) is 6.23. The van der Waals surface area contributed by atoms with Gasteiger partial charge in [-0.3, -0.25) is 9.78 Å². The number of aromatic nitrogens is 1. The molecule has 0 aliphatic carbocycles. The van der Waals surface area contributed by atoms with Crippen LogP contribution < -0.4 is 11.1 Å². The van der Waals surface area contributed by atoms with E-state index in [0.29, 0.717) is 0 Å². The molecule has 0 fully saturated rings. The van der Waals surface area contributed by atoms with Gasteiger partial charge in [0.2, 0.25) is 5.91 Å². The Morgan fingerprint density at radius 3 is 2.69 bits per heavy atom. The average molecular weight is 221 g/mol. The Bertz CT molecular complexity index is 326. The first-order chi connectivity index (χ1) is 7.65. The Labute approximate surface area is 96.3 Å². The zero-order valence-corrected chi connectivity index (χ0v) is 9.81. The molecule has 0 unspecified atom stereocenters. The van der Waals surface area contributed by atoms with Crippen molar-refractivity contribution in [2.24, 2.45) is 5.73 Å². The number of pyridine rings is 1. The number of nitrogens with two attached hydrogens (primary N) is 1. The fourth-order valence-electron chi connectivity index (χ4n) is 1.50. The minimum Gasteiger partial charge on any atom is -0.348 e. The van der Waals surface area contributed by atoms with Crippen molar-refractivity contribution in [3.05, 3.63) is 30.1 Å². The molecule has 4 heteroatoms. The van der Waals surface area contributed by atoms with Crippen molar-refractivity contribution in [2.75, 3.05) is 0 Å². The molecule has 1 aromatic heterocycles. The lowest BCUT2D eigenvalue weighted by Crippen LogP contribution is -2.41. The van der Waals surface area contributed by atoms with Crippen molar-refractivity contribution in [1.82, 2.24) is 10.3 Å². The summed E-state index contributed by atoms with van der Waals surface area (Å²) in [6.07, 6.45) is 5.06. The third-order valence-electron chi connectivity index (χ3n) is 2.50. The van der Waals surface area contributed by atoms with Gasteiger partial charge in [0.05, 0.1) is 12.1 Å². The topological polar surface area (TPSA) is 68.0 Å². The van der Waals surface area contributed by atoms with E-state index in [1.807, 2.05) is 26.0 Å². The predicted molar refractivity (Wildman–Crippen MR) is 63.7 cm³/mol. The summed E-state index contributed by atoms with van der Waals surface area (Å²) < 4.78 is 0. The maximum absolute atomic E-state index is 11.7. The molecule has 16 heavy (non-hydrogen) atoms. The van der Waals surface area contributed by atoms with Crippen molar-refractivity contribution in [3.63, 3.8) is 0 Å². The molecule has 0 bridgehead atoms. The summed E-state index contributed by atoms with van der Waals surface area (Å²) in [5.41, 5.74) is 6.76. The lowest BCUT2D eigenvalue weighted by atomic mass is 10.1. The van der Waals surface area contributed by atoms with Crippen LogP contribution in [0.5, 0.6) is 0 Å². The van der Waals surface area contributed by atoms with E-state index in [-0.39, 0.29) is 11.9 Å². The minimum absolute atomic E-state index is 0.0293.